The molecule has 140 valence electrons. The third-order valence-electron chi connectivity index (χ3n) is 4.35. The van der Waals surface area contributed by atoms with Crippen LogP contribution in [0.2, 0.25) is 0 Å². The number of unbranched alkanes of at least 4 members (excludes halogenated alkanes) is 5. The molecule has 0 saturated carbocycles. The number of rotatable bonds is 11. The van der Waals surface area contributed by atoms with E-state index in [0.717, 1.165) is 6.42 Å². The van der Waals surface area contributed by atoms with Crippen LogP contribution in [0, 0.1) is 5.92 Å². The number of allylic oxidation sites excluding steroid dienone is 1. The molecule has 0 bridgehead atoms. The summed E-state index contributed by atoms with van der Waals surface area (Å²) < 4.78 is 17.2. The number of nitrogens with two attached hydrogens (primary N) is 1. The Morgan fingerprint density at radius 2 is 1.96 bits per heavy atom. The van der Waals surface area contributed by atoms with E-state index in [1.165, 1.54) is 32.1 Å². The zero-order valence-electron chi connectivity index (χ0n) is 15.5. The zero-order chi connectivity index (χ0) is 17.8. The van der Waals surface area contributed by atoms with Gasteiger partial charge in [0, 0.05) is 12.5 Å². The molecular formula is C19H35NO4. The van der Waals surface area contributed by atoms with Crippen LogP contribution in [0.3, 0.4) is 0 Å². The minimum absolute atomic E-state index is 0.127. The van der Waals surface area contributed by atoms with Gasteiger partial charge in [-0.25, -0.2) is 0 Å². The van der Waals surface area contributed by atoms with Crippen molar-refractivity contribution in [1.82, 2.24) is 0 Å². The standard InChI is InChI=1S/C19H35NO4/c1-4-6-7-8-9-10-11-12-16-19(24-17(21)13-20)18(22-5-2)15(3)14-23-16/h11-12,15-16,18-19H,4-10,13-14,20H2,1-3H3/b12-11-/t15-,16-,18-,19+/m0/s1. The largest absolute Gasteiger partial charge is 0.455 e. The Hall–Kier alpha value is -0.910. The van der Waals surface area contributed by atoms with E-state index in [0.29, 0.717) is 13.2 Å². The van der Waals surface area contributed by atoms with Gasteiger partial charge < -0.3 is 19.9 Å². The van der Waals surface area contributed by atoms with E-state index in [1.807, 2.05) is 13.0 Å². The highest BCUT2D eigenvalue weighted by molar-refractivity contribution is 5.71. The minimum atomic E-state index is -0.430. The number of carbonyl (C=O) groups excluding carboxylic acids is 1. The summed E-state index contributed by atoms with van der Waals surface area (Å²) in [6, 6.07) is 0. The van der Waals surface area contributed by atoms with Crippen molar-refractivity contribution >= 4 is 5.97 Å². The second-order valence-corrected chi connectivity index (χ2v) is 6.48. The molecule has 5 nitrogen and oxygen atoms in total. The number of carbonyl (C=O) groups is 1. The van der Waals surface area contributed by atoms with Crippen LogP contribution in [0.15, 0.2) is 12.2 Å². The van der Waals surface area contributed by atoms with Crippen molar-refractivity contribution in [3.8, 4) is 0 Å². The van der Waals surface area contributed by atoms with Gasteiger partial charge in [0.2, 0.25) is 0 Å². The molecule has 0 aromatic heterocycles. The van der Waals surface area contributed by atoms with Crippen molar-refractivity contribution in [2.75, 3.05) is 19.8 Å². The second kappa shape index (κ2) is 12.5. The summed E-state index contributed by atoms with van der Waals surface area (Å²) >= 11 is 0. The van der Waals surface area contributed by atoms with Gasteiger partial charge in [-0.2, -0.15) is 0 Å². The highest BCUT2D eigenvalue weighted by atomic mass is 16.6. The quantitative estimate of drug-likeness (QED) is 0.355. The van der Waals surface area contributed by atoms with Gasteiger partial charge in [-0.3, -0.25) is 4.79 Å². The van der Waals surface area contributed by atoms with Crippen LogP contribution in [0.5, 0.6) is 0 Å². The molecule has 0 spiro atoms. The van der Waals surface area contributed by atoms with E-state index in [4.69, 9.17) is 19.9 Å². The Morgan fingerprint density at radius 1 is 1.21 bits per heavy atom. The SMILES string of the molecule is CCCCCCC/C=C\[C@@H]1OC[C@H](C)[C@H](OCC)[C@@H]1OC(=O)CN. The molecule has 4 atom stereocenters. The van der Waals surface area contributed by atoms with E-state index in [9.17, 15) is 4.79 Å². The third kappa shape index (κ3) is 7.32. The Morgan fingerprint density at radius 3 is 2.62 bits per heavy atom. The summed E-state index contributed by atoms with van der Waals surface area (Å²) in [5, 5.41) is 0. The third-order valence-corrected chi connectivity index (χ3v) is 4.35. The van der Waals surface area contributed by atoms with Gasteiger partial charge in [0.1, 0.15) is 12.2 Å². The maximum Gasteiger partial charge on any atom is 0.320 e. The summed E-state index contributed by atoms with van der Waals surface area (Å²) in [5.74, 6) is -0.236. The monoisotopic (exact) mass is 341 g/mol. The summed E-state index contributed by atoms with van der Waals surface area (Å²) in [7, 11) is 0. The molecule has 0 aromatic carbocycles. The molecule has 0 aromatic rings. The van der Waals surface area contributed by atoms with Crippen LogP contribution < -0.4 is 5.73 Å². The Kier molecular flexibility index (Phi) is 11.0. The second-order valence-electron chi connectivity index (χ2n) is 6.48. The summed E-state index contributed by atoms with van der Waals surface area (Å²) in [5.41, 5.74) is 5.39. The lowest BCUT2D eigenvalue weighted by Gasteiger charge is -2.39. The van der Waals surface area contributed by atoms with Crippen LogP contribution in [-0.4, -0.2) is 44.0 Å². The van der Waals surface area contributed by atoms with Crippen LogP contribution in [0.4, 0.5) is 0 Å². The molecule has 5 heteroatoms. The minimum Gasteiger partial charge on any atom is -0.455 e. The molecule has 1 aliphatic rings. The van der Waals surface area contributed by atoms with Crippen molar-refractivity contribution < 1.29 is 19.0 Å². The molecule has 0 aliphatic carbocycles. The molecule has 0 amide bonds. The summed E-state index contributed by atoms with van der Waals surface area (Å²) in [4.78, 5) is 11.7. The normalized spacial score (nSPS) is 27.5. The summed E-state index contributed by atoms with van der Waals surface area (Å²) in [6.07, 6.45) is 10.6. The predicted molar refractivity (Wildman–Crippen MR) is 95.8 cm³/mol. The average molecular weight is 341 g/mol. The van der Waals surface area contributed by atoms with Crippen LogP contribution >= 0.6 is 0 Å². The Bertz CT molecular complexity index is 372. The van der Waals surface area contributed by atoms with Crippen molar-refractivity contribution in [3.05, 3.63) is 12.2 Å². The van der Waals surface area contributed by atoms with Gasteiger partial charge in [0.05, 0.1) is 13.2 Å². The van der Waals surface area contributed by atoms with Gasteiger partial charge in [0.15, 0.2) is 6.10 Å². The van der Waals surface area contributed by atoms with Crippen molar-refractivity contribution in [2.45, 2.75) is 77.6 Å². The predicted octanol–water partition coefficient (Wildman–Crippen LogP) is 3.21. The van der Waals surface area contributed by atoms with Gasteiger partial charge in [0.25, 0.3) is 0 Å². The van der Waals surface area contributed by atoms with Gasteiger partial charge >= 0.3 is 5.97 Å². The lowest BCUT2D eigenvalue weighted by Crippen LogP contribution is -2.52. The van der Waals surface area contributed by atoms with Crippen LogP contribution in [0.1, 0.15) is 59.3 Å². The fourth-order valence-corrected chi connectivity index (χ4v) is 3.01. The van der Waals surface area contributed by atoms with Crippen molar-refractivity contribution in [2.24, 2.45) is 11.7 Å². The Balaban J connectivity index is 2.58. The lowest BCUT2D eigenvalue weighted by atomic mass is 9.92. The maximum absolute atomic E-state index is 11.7. The highest BCUT2D eigenvalue weighted by Crippen LogP contribution is 2.26. The summed E-state index contributed by atoms with van der Waals surface area (Å²) in [6.45, 7) is 7.28. The van der Waals surface area contributed by atoms with Gasteiger partial charge in [-0.15, -0.1) is 0 Å². The molecule has 1 rings (SSSR count). The molecule has 1 saturated heterocycles. The Labute approximate surface area is 146 Å². The number of hydrogen-bond donors (Lipinski definition) is 1. The molecule has 2 N–H and O–H groups in total. The van der Waals surface area contributed by atoms with E-state index < -0.39 is 12.1 Å². The lowest BCUT2D eigenvalue weighted by molar-refractivity contribution is -0.193. The first kappa shape index (κ1) is 21.1. The topological polar surface area (TPSA) is 70.8 Å². The number of hydrogen-bond acceptors (Lipinski definition) is 5. The molecular weight excluding hydrogens is 306 g/mol. The van der Waals surface area contributed by atoms with E-state index in [2.05, 4.69) is 19.9 Å². The van der Waals surface area contributed by atoms with Gasteiger partial charge in [-0.05, 0) is 19.8 Å². The first-order valence-corrected chi connectivity index (χ1v) is 9.43. The number of esters is 1. The van der Waals surface area contributed by atoms with Gasteiger partial charge in [-0.1, -0.05) is 51.7 Å². The van der Waals surface area contributed by atoms with Crippen molar-refractivity contribution in [3.63, 3.8) is 0 Å². The number of ether oxygens (including phenoxy) is 3. The molecule has 0 unspecified atom stereocenters. The molecule has 1 fully saturated rings. The van der Waals surface area contributed by atoms with Crippen LogP contribution in [-0.2, 0) is 19.0 Å². The van der Waals surface area contributed by atoms with E-state index in [-0.39, 0.29) is 24.7 Å². The maximum atomic E-state index is 11.7. The molecule has 1 heterocycles. The average Bonchev–Trinajstić information content (AvgIpc) is 2.58. The smallest absolute Gasteiger partial charge is 0.320 e. The first-order valence-electron chi connectivity index (χ1n) is 9.43. The van der Waals surface area contributed by atoms with Crippen LogP contribution in [0.25, 0.3) is 0 Å². The van der Waals surface area contributed by atoms with E-state index >= 15 is 0 Å². The fourth-order valence-electron chi connectivity index (χ4n) is 3.01. The van der Waals surface area contributed by atoms with Crippen molar-refractivity contribution in [1.29, 1.82) is 0 Å². The first-order chi connectivity index (χ1) is 11.6. The molecule has 1 aliphatic heterocycles. The fraction of sp³-hybridized carbons (Fsp3) is 0.842. The molecule has 0 radical (unpaired) electrons. The highest BCUT2D eigenvalue weighted by Gasteiger charge is 2.40. The van der Waals surface area contributed by atoms with E-state index in [1.54, 1.807) is 0 Å². The molecule has 24 heavy (non-hydrogen) atoms. The zero-order valence-corrected chi connectivity index (χ0v) is 15.5.